The number of hydrogen-bond acceptors (Lipinski definition) is 4. The number of furan rings is 1. The smallest absolute Gasteiger partial charge is 0.238 e. The van der Waals surface area contributed by atoms with Crippen LogP contribution in [0.4, 0.5) is 0 Å². The van der Waals surface area contributed by atoms with E-state index in [9.17, 15) is 0 Å². The summed E-state index contributed by atoms with van der Waals surface area (Å²) in [6, 6.07) is 75.1. The Balaban J connectivity index is 1.01. The summed E-state index contributed by atoms with van der Waals surface area (Å²) >= 11 is 0. The molecule has 0 saturated heterocycles. The largest absolute Gasteiger partial charge is 0.455 e. The van der Waals surface area contributed by atoms with E-state index in [2.05, 4.69) is 203 Å². The number of para-hydroxylation sites is 3. The van der Waals surface area contributed by atoms with Crippen LogP contribution in [0, 0.1) is 0 Å². The van der Waals surface area contributed by atoms with E-state index in [4.69, 9.17) is 19.4 Å². The molecule has 0 aliphatic carbocycles. The van der Waals surface area contributed by atoms with Crippen LogP contribution in [-0.2, 0) is 0 Å². The van der Waals surface area contributed by atoms with Crippen LogP contribution in [0.2, 0.25) is 0 Å². The summed E-state index contributed by atoms with van der Waals surface area (Å²) in [5.74, 6) is 1.66. The molecule has 0 fully saturated rings. The predicted molar refractivity (Wildman–Crippen MR) is 267 cm³/mol. The molecule has 0 unspecified atom stereocenters. The molecule has 0 atom stereocenters. The van der Waals surface area contributed by atoms with Gasteiger partial charge in [-0.1, -0.05) is 152 Å². The number of rotatable bonds is 5. The maximum absolute atomic E-state index is 6.73. The van der Waals surface area contributed by atoms with Gasteiger partial charge in [0.25, 0.3) is 0 Å². The van der Waals surface area contributed by atoms with Gasteiger partial charge in [-0.2, -0.15) is 9.97 Å². The number of nitrogens with zero attached hydrogens (tertiary/aromatic N) is 5. The van der Waals surface area contributed by atoms with Crippen molar-refractivity contribution in [3.8, 4) is 45.5 Å². The van der Waals surface area contributed by atoms with Crippen molar-refractivity contribution in [3.63, 3.8) is 0 Å². The topological polar surface area (TPSA) is 61.7 Å². The van der Waals surface area contributed by atoms with Gasteiger partial charge < -0.3 is 8.98 Å². The van der Waals surface area contributed by atoms with Gasteiger partial charge in [0.2, 0.25) is 5.95 Å². The van der Waals surface area contributed by atoms with Gasteiger partial charge in [-0.3, -0.25) is 4.57 Å². The molecule has 6 nitrogen and oxygen atoms in total. The van der Waals surface area contributed by atoms with E-state index in [1.165, 1.54) is 38.0 Å². The van der Waals surface area contributed by atoms with Crippen LogP contribution in [0.5, 0.6) is 0 Å². The Hall–Kier alpha value is -8.87. The Morgan fingerprint density at radius 3 is 1.71 bits per heavy atom. The minimum absolute atomic E-state index is 0.533. The molecule has 4 aromatic heterocycles. The van der Waals surface area contributed by atoms with Crippen molar-refractivity contribution in [3.05, 3.63) is 212 Å². The monoisotopic (exact) mass is 829 g/mol. The van der Waals surface area contributed by atoms with Gasteiger partial charge in [0.15, 0.2) is 11.6 Å². The van der Waals surface area contributed by atoms with Crippen LogP contribution in [0.15, 0.2) is 217 Å². The van der Waals surface area contributed by atoms with E-state index in [0.717, 1.165) is 77.1 Å². The van der Waals surface area contributed by atoms with Crippen molar-refractivity contribution in [1.82, 2.24) is 24.1 Å². The lowest BCUT2D eigenvalue weighted by Crippen LogP contribution is -2.06. The average molecular weight is 830 g/mol. The second-order valence-electron chi connectivity index (χ2n) is 16.8. The van der Waals surface area contributed by atoms with E-state index in [-0.39, 0.29) is 0 Å². The Morgan fingerprint density at radius 2 is 0.923 bits per heavy atom. The molecule has 14 aromatic rings. The van der Waals surface area contributed by atoms with Crippen LogP contribution in [0.1, 0.15) is 0 Å². The molecule has 14 rings (SSSR count). The second-order valence-corrected chi connectivity index (χ2v) is 16.8. The van der Waals surface area contributed by atoms with Gasteiger partial charge in [-0.15, -0.1) is 0 Å². The number of hydrogen-bond donors (Lipinski definition) is 0. The Labute approximate surface area is 371 Å². The van der Waals surface area contributed by atoms with Gasteiger partial charge in [0, 0.05) is 43.6 Å². The Morgan fingerprint density at radius 1 is 0.338 bits per heavy atom. The van der Waals surface area contributed by atoms with E-state index < -0.39 is 0 Å². The molecule has 0 saturated carbocycles. The van der Waals surface area contributed by atoms with E-state index >= 15 is 0 Å². The molecule has 0 aliphatic rings. The van der Waals surface area contributed by atoms with Crippen molar-refractivity contribution in [2.24, 2.45) is 0 Å². The first kappa shape index (κ1) is 35.7. The van der Waals surface area contributed by atoms with Gasteiger partial charge in [-0.25, -0.2) is 4.98 Å². The summed E-state index contributed by atoms with van der Waals surface area (Å²) in [7, 11) is 0. The van der Waals surface area contributed by atoms with Crippen molar-refractivity contribution in [2.45, 2.75) is 0 Å². The van der Waals surface area contributed by atoms with Gasteiger partial charge in [-0.05, 0) is 93.3 Å². The van der Waals surface area contributed by atoms with Crippen LogP contribution in [0.25, 0.3) is 133 Å². The zero-order valence-electron chi connectivity index (χ0n) is 34.9. The number of benzene rings is 10. The third-order valence-electron chi connectivity index (χ3n) is 13.2. The summed E-state index contributed by atoms with van der Waals surface area (Å²) in [5, 5.41) is 11.5. The minimum Gasteiger partial charge on any atom is -0.455 e. The lowest BCUT2D eigenvalue weighted by molar-refractivity contribution is 0.669. The molecule has 4 heterocycles. The third-order valence-corrected chi connectivity index (χ3v) is 13.2. The fourth-order valence-electron chi connectivity index (χ4n) is 10.2. The molecule has 0 amide bonds. The molecule has 0 spiro atoms. The number of fused-ring (bicyclic) bond motifs is 13. The second kappa shape index (κ2) is 13.8. The van der Waals surface area contributed by atoms with Crippen molar-refractivity contribution in [2.75, 3.05) is 0 Å². The van der Waals surface area contributed by atoms with Gasteiger partial charge >= 0.3 is 0 Å². The summed E-state index contributed by atoms with van der Waals surface area (Å²) < 4.78 is 11.3. The summed E-state index contributed by atoms with van der Waals surface area (Å²) in [6.07, 6.45) is 0. The normalized spacial score (nSPS) is 12.0. The first-order valence-electron chi connectivity index (χ1n) is 21.9. The first-order chi connectivity index (χ1) is 32.2. The number of aromatic nitrogens is 5. The van der Waals surface area contributed by atoms with Crippen molar-refractivity contribution in [1.29, 1.82) is 0 Å². The highest BCUT2D eigenvalue weighted by Crippen LogP contribution is 2.42. The molecular weight excluding hydrogens is 795 g/mol. The molecule has 65 heavy (non-hydrogen) atoms. The highest BCUT2D eigenvalue weighted by molar-refractivity contribution is 6.23. The third kappa shape index (κ3) is 5.38. The minimum atomic E-state index is 0.533. The maximum Gasteiger partial charge on any atom is 0.238 e. The fraction of sp³-hybridized carbons (Fsp3) is 0. The first-order valence-corrected chi connectivity index (χ1v) is 21.9. The molecular formula is C59H35N5O. The van der Waals surface area contributed by atoms with Crippen LogP contribution in [-0.4, -0.2) is 24.1 Å². The van der Waals surface area contributed by atoms with E-state index in [1.54, 1.807) is 0 Å². The standard InChI is InChI=1S/C59H35N5O/c1-3-16-38(17-4-1)57-60-58(46-24-13-23-45-55-43-21-10-8-15-37(43)29-33-53(55)65-56(45)46)62-59(61-57)64-51-31-28-40(35-48(51)54-42-20-9-7-14-36(42)26-32-52(54)64)39-27-30-50-47(34-39)44-22-11-12-25-49(44)63(50)41-18-5-2-6-19-41/h1-35H. The average Bonchev–Trinajstić information content (AvgIpc) is 4.04. The van der Waals surface area contributed by atoms with E-state index in [0.29, 0.717) is 17.6 Å². The Bertz CT molecular complexity index is 4240. The van der Waals surface area contributed by atoms with Crippen LogP contribution < -0.4 is 0 Å². The SMILES string of the molecule is c1ccc(-c2nc(-c3cccc4c3oc3ccc5ccccc5c34)nc(-n3c4ccc(-c5ccc6c(c5)c5ccccc5n6-c5ccccc5)cc4c4c5ccccc5ccc43)n2)cc1. The predicted octanol–water partition coefficient (Wildman–Crippen LogP) is 15.3. The summed E-state index contributed by atoms with van der Waals surface area (Å²) in [4.78, 5) is 15.9. The van der Waals surface area contributed by atoms with Gasteiger partial charge in [0.05, 0.1) is 27.6 Å². The van der Waals surface area contributed by atoms with Crippen LogP contribution >= 0.6 is 0 Å². The molecule has 0 bridgehead atoms. The molecule has 0 aliphatic heterocycles. The van der Waals surface area contributed by atoms with Gasteiger partial charge in [0.1, 0.15) is 11.2 Å². The maximum atomic E-state index is 6.73. The fourth-order valence-corrected chi connectivity index (χ4v) is 10.2. The van der Waals surface area contributed by atoms with E-state index in [1.807, 2.05) is 18.2 Å². The highest BCUT2D eigenvalue weighted by Gasteiger charge is 2.23. The highest BCUT2D eigenvalue weighted by atomic mass is 16.3. The lowest BCUT2D eigenvalue weighted by Gasteiger charge is -2.11. The zero-order chi connectivity index (χ0) is 42.6. The van der Waals surface area contributed by atoms with Crippen LogP contribution in [0.3, 0.4) is 0 Å². The summed E-state index contributed by atoms with van der Waals surface area (Å²) in [5.41, 5.74) is 11.1. The lowest BCUT2D eigenvalue weighted by atomic mass is 9.99. The Kier molecular flexibility index (Phi) is 7.59. The molecule has 302 valence electrons. The zero-order valence-corrected chi connectivity index (χ0v) is 34.9. The quantitative estimate of drug-likeness (QED) is 0.173. The molecule has 6 heteroatoms. The molecule has 10 aromatic carbocycles. The van der Waals surface area contributed by atoms with Crippen molar-refractivity contribution < 1.29 is 4.42 Å². The molecule has 0 radical (unpaired) electrons. The summed E-state index contributed by atoms with van der Waals surface area (Å²) in [6.45, 7) is 0. The molecule has 0 N–H and O–H groups in total. The van der Waals surface area contributed by atoms with Crippen molar-refractivity contribution >= 4 is 87.1 Å².